The van der Waals surface area contributed by atoms with Gasteiger partial charge in [0.05, 0.1) is 26.2 Å². The Balaban J connectivity index is 0. The molecule has 0 aromatic carbocycles. The van der Waals surface area contributed by atoms with Gasteiger partial charge in [-0.25, -0.2) is 0 Å². The Hall–Kier alpha value is 0.233. The van der Waals surface area contributed by atoms with Crippen LogP contribution in [-0.4, -0.2) is 36.9 Å². The van der Waals surface area contributed by atoms with Crippen molar-refractivity contribution >= 4 is 5.97 Å². The van der Waals surface area contributed by atoms with Crippen molar-refractivity contribution in [2.75, 3.05) is 19.8 Å². The van der Waals surface area contributed by atoms with Crippen molar-refractivity contribution in [3.8, 4) is 0 Å². The van der Waals surface area contributed by atoms with Crippen molar-refractivity contribution in [2.45, 2.75) is 78.1 Å². The molecule has 0 rings (SSSR count). The van der Waals surface area contributed by atoms with E-state index in [2.05, 4.69) is 20.8 Å². The zero-order chi connectivity index (χ0) is 16.0. The van der Waals surface area contributed by atoms with Gasteiger partial charge in [0.15, 0.2) is 0 Å². The molecule has 0 aromatic rings. The van der Waals surface area contributed by atoms with E-state index >= 15 is 0 Å². The topological polar surface area (TPSA) is 65.0 Å². The Labute approximate surface area is 154 Å². The van der Waals surface area contributed by atoms with E-state index in [9.17, 15) is 4.79 Å². The minimum absolute atomic E-state index is 0. The van der Waals surface area contributed by atoms with Crippen LogP contribution in [0, 0.1) is 0 Å². The van der Waals surface area contributed by atoms with Gasteiger partial charge in [-0.1, -0.05) is 40.0 Å². The third kappa shape index (κ3) is 12.7. The van der Waals surface area contributed by atoms with Crippen LogP contribution in [0.4, 0.5) is 0 Å². The summed E-state index contributed by atoms with van der Waals surface area (Å²) in [5, 5.41) is 8.92. The van der Waals surface area contributed by atoms with Crippen molar-refractivity contribution in [2.24, 2.45) is 0 Å². The molecule has 0 bridgehead atoms. The summed E-state index contributed by atoms with van der Waals surface area (Å²) in [4.78, 5) is 10.9. The van der Waals surface area contributed by atoms with Gasteiger partial charge in [-0.3, -0.25) is 4.79 Å². The maximum Gasteiger partial charge on any atom is 0.303 e. The largest absolute Gasteiger partial charge is 0.481 e. The fraction of sp³-hybridized carbons (Fsp3) is 0.938. The Morgan fingerprint density at radius 2 is 1.23 bits per heavy atom. The number of ether oxygens (including phenoxy) is 3. The zero-order valence-electron chi connectivity index (χ0n) is 14.4. The summed E-state index contributed by atoms with van der Waals surface area (Å²) in [5.41, 5.74) is 0. The summed E-state index contributed by atoms with van der Waals surface area (Å²) in [6.07, 6.45) is 5.95. The first-order valence-electron chi connectivity index (χ1n) is 8.23. The van der Waals surface area contributed by atoms with Crippen LogP contribution in [0.3, 0.4) is 0 Å². The quantitative estimate of drug-likeness (QED) is 0.336. The molecule has 0 unspecified atom stereocenters. The van der Waals surface area contributed by atoms with Gasteiger partial charge in [0, 0.05) is 32.6 Å². The van der Waals surface area contributed by atoms with E-state index in [4.69, 9.17) is 19.3 Å². The maximum absolute atomic E-state index is 10.9. The molecule has 0 spiro atoms. The average Bonchev–Trinajstić information content (AvgIpc) is 2.46. The van der Waals surface area contributed by atoms with Crippen LogP contribution in [0.5, 0.6) is 0 Å². The molecule has 0 fully saturated rings. The Kier molecular flexibility index (Phi) is 17.9. The van der Waals surface area contributed by atoms with Crippen LogP contribution in [0.2, 0.25) is 0 Å². The van der Waals surface area contributed by atoms with Crippen LogP contribution >= 0.6 is 0 Å². The zero-order valence-corrected chi connectivity index (χ0v) is 16.8. The van der Waals surface area contributed by atoms with Gasteiger partial charge in [0.25, 0.3) is 5.97 Å². The maximum atomic E-state index is 10.9. The van der Waals surface area contributed by atoms with Gasteiger partial charge in [-0.2, -0.15) is 0 Å². The molecule has 1 N–H and O–H groups in total. The van der Waals surface area contributed by atoms with Crippen LogP contribution in [0.15, 0.2) is 0 Å². The van der Waals surface area contributed by atoms with Gasteiger partial charge < -0.3 is 19.3 Å². The molecule has 5 nitrogen and oxygen atoms in total. The van der Waals surface area contributed by atoms with E-state index in [1.165, 1.54) is 0 Å². The molecule has 0 saturated heterocycles. The fourth-order valence-corrected chi connectivity index (χ4v) is 1.72. The summed E-state index contributed by atoms with van der Waals surface area (Å²) < 4.78 is 17.4. The van der Waals surface area contributed by atoms with E-state index in [-0.39, 0.29) is 39.0 Å². The Morgan fingerprint density at radius 1 is 0.864 bits per heavy atom. The summed E-state index contributed by atoms with van der Waals surface area (Å²) in [6.45, 7) is 7.81. The van der Waals surface area contributed by atoms with Crippen LogP contribution in [-0.2, 0) is 45.2 Å². The number of rotatable bonds is 15. The predicted molar refractivity (Wildman–Crippen MR) is 82.2 cm³/mol. The number of hydrogen-bond acceptors (Lipinski definition) is 4. The fourth-order valence-electron chi connectivity index (χ4n) is 1.72. The van der Waals surface area contributed by atoms with Crippen molar-refractivity contribution in [1.82, 2.24) is 0 Å². The SMILES string of the molecule is CCCCOC(CCC(=O)O)(OCCCC)OCCCC.[Zr]. The second-order valence-corrected chi connectivity index (χ2v) is 5.18. The van der Waals surface area contributed by atoms with Crippen LogP contribution in [0.1, 0.15) is 72.1 Å². The first kappa shape index (κ1) is 24.5. The van der Waals surface area contributed by atoms with Crippen molar-refractivity contribution in [3.05, 3.63) is 0 Å². The van der Waals surface area contributed by atoms with E-state index in [0.717, 1.165) is 38.5 Å². The van der Waals surface area contributed by atoms with E-state index < -0.39 is 11.9 Å². The predicted octanol–water partition coefficient (Wildman–Crippen LogP) is 3.95. The van der Waals surface area contributed by atoms with Crippen molar-refractivity contribution in [1.29, 1.82) is 0 Å². The molecule has 22 heavy (non-hydrogen) atoms. The van der Waals surface area contributed by atoms with E-state index in [1.54, 1.807) is 0 Å². The number of carboxylic acids is 1. The number of unbranched alkanes of at least 4 members (excludes halogenated alkanes) is 3. The Morgan fingerprint density at radius 3 is 1.50 bits per heavy atom. The first-order chi connectivity index (χ1) is 10.1. The number of carbonyl (C=O) groups is 1. The molecule has 0 radical (unpaired) electrons. The Bertz CT molecular complexity index is 234. The summed E-state index contributed by atoms with van der Waals surface area (Å²) >= 11 is 0. The molecule has 0 atom stereocenters. The number of carboxylic acid groups (broad SMARTS) is 1. The third-order valence-corrected chi connectivity index (χ3v) is 3.10. The summed E-state index contributed by atoms with van der Waals surface area (Å²) in [6, 6.07) is 0. The monoisotopic (exact) mass is 394 g/mol. The van der Waals surface area contributed by atoms with E-state index in [0.29, 0.717) is 19.8 Å². The summed E-state index contributed by atoms with van der Waals surface area (Å²) in [5.74, 6) is -2.06. The molecular weight excluding hydrogens is 363 g/mol. The second-order valence-electron chi connectivity index (χ2n) is 5.18. The van der Waals surface area contributed by atoms with Gasteiger partial charge in [0.2, 0.25) is 0 Å². The molecule has 0 aliphatic carbocycles. The third-order valence-electron chi connectivity index (χ3n) is 3.10. The van der Waals surface area contributed by atoms with Gasteiger partial charge in [-0.05, 0) is 19.3 Å². The molecule has 6 heteroatoms. The number of hydrogen-bond donors (Lipinski definition) is 1. The standard InChI is InChI=1S/C16H32O5.Zr/c1-4-7-12-19-16(11-10-15(17)18,20-13-8-5-2)21-14-9-6-3;/h4-14H2,1-3H3,(H,17,18);. The molecule has 0 aliphatic heterocycles. The number of aliphatic carboxylic acids is 1. The minimum Gasteiger partial charge on any atom is -0.481 e. The average molecular weight is 396 g/mol. The van der Waals surface area contributed by atoms with Gasteiger partial charge in [0.1, 0.15) is 0 Å². The first-order valence-corrected chi connectivity index (χ1v) is 8.23. The molecule has 0 amide bonds. The molecule has 0 aliphatic rings. The smallest absolute Gasteiger partial charge is 0.303 e. The molecule has 0 aromatic heterocycles. The minimum atomic E-state index is -1.20. The van der Waals surface area contributed by atoms with Crippen LogP contribution in [0.25, 0.3) is 0 Å². The van der Waals surface area contributed by atoms with Crippen molar-refractivity contribution < 1.29 is 50.3 Å². The summed E-state index contributed by atoms with van der Waals surface area (Å²) in [7, 11) is 0. The van der Waals surface area contributed by atoms with Gasteiger partial charge >= 0.3 is 5.97 Å². The molecule has 0 heterocycles. The molecule has 130 valence electrons. The van der Waals surface area contributed by atoms with E-state index in [1.807, 2.05) is 0 Å². The second kappa shape index (κ2) is 16.1. The molecular formula is C16H32O5Zr. The van der Waals surface area contributed by atoms with Gasteiger partial charge in [-0.15, -0.1) is 0 Å². The normalized spacial score (nSPS) is 11.2. The van der Waals surface area contributed by atoms with Crippen molar-refractivity contribution in [3.63, 3.8) is 0 Å². The molecule has 0 saturated carbocycles. The van der Waals surface area contributed by atoms with Crippen LogP contribution < -0.4 is 0 Å².